The van der Waals surface area contributed by atoms with Crippen molar-refractivity contribution in [1.82, 2.24) is 5.06 Å². The fraction of sp³-hybridized carbons (Fsp3) is 0.900. The smallest absolute Gasteiger partial charge is 0.249 e. The minimum Gasteiger partial charge on any atom is -0.275 e. The summed E-state index contributed by atoms with van der Waals surface area (Å²) in [7, 11) is 2.45. The third-order valence-electron chi connectivity index (χ3n) is 3.50. The lowest BCUT2D eigenvalue weighted by Crippen LogP contribution is -2.39. The van der Waals surface area contributed by atoms with Crippen LogP contribution in [0.25, 0.3) is 0 Å². The molecule has 2 aliphatic heterocycles. The molecular weight excluding hydrogens is 214 g/mol. The van der Waals surface area contributed by atoms with Crippen molar-refractivity contribution in [1.29, 1.82) is 0 Å². The van der Waals surface area contributed by atoms with E-state index in [0.717, 1.165) is 25.7 Å². The monoisotopic (exact) mass is 231 g/mol. The molecule has 0 aromatic heterocycles. The Morgan fingerprint density at radius 2 is 1.87 bits per heavy atom. The number of hydrogen-bond acceptors (Lipinski definition) is 3. The summed E-state index contributed by atoms with van der Waals surface area (Å²) >= 11 is 0. The van der Waals surface area contributed by atoms with Crippen LogP contribution in [0.3, 0.4) is 0 Å². The third kappa shape index (κ3) is 1.95. The lowest BCUT2D eigenvalue weighted by atomic mass is 9.98. The molecule has 2 fully saturated rings. The highest BCUT2D eigenvalue weighted by atomic mass is 32.2. The van der Waals surface area contributed by atoms with E-state index < -0.39 is 10.8 Å². The van der Waals surface area contributed by atoms with Crippen LogP contribution in [0.15, 0.2) is 0 Å². The van der Waals surface area contributed by atoms with Crippen molar-refractivity contribution in [2.75, 3.05) is 14.2 Å². The summed E-state index contributed by atoms with van der Waals surface area (Å²) in [6.07, 6.45) is 3.60. The summed E-state index contributed by atoms with van der Waals surface area (Å²) < 4.78 is 11.8. The Kier molecular flexibility index (Phi) is 3.11. The molecule has 86 valence electrons. The highest BCUT2D eigenvalue weighted by molar-refractivity contribution is 7.86. The van der Waals surface area contributed by atoms with Crippen molar-refractivity contribution >= 4 is 16.7 Å². The molecule has 0 spiro atoms. The van der Waals surface area contributed by atoms with Crippen LogP contribution in [0.1, 0.15) is 25.7 Å². The molecule has 2 atom stereocenters. The molecule has 4 nitrogen and oxygen atoms in total. The lowest BCUT2D eigenvalue weighted by molar-refractivity contribution is -0.173. The molecule has 1 amide bonds. The molecule has 0 N–H and O–H groups in total. The van der Waals surface area contributed by atoms with Crippen LogP contribution in [0.4, 0.5) is 0 Å². The van der Waals surface area contributed by atoms with Crippen LogP contribution in [-0.2, 0) is 20.4 Å². The summed E-state index contributed by atoms with van der Waals surface area (Å²) in [5.74, 6) is 0.0521. The van der Waals surface area contributed by atoms with Gasteiger partial charge in [-0.25, -0.2) is 5.06 Å². The maximum absolute atomic E-state index is 11.9. The van der Waals surface area contributed by atoms with Crippen LogP contribution < -0.4 is 0 Å². The molecule has 2 unspecified atom stereocenters. The summed E-state index contributed by atoms with van der Waals surface area (Å²) in [4.78, 5) is 16.7. The number of nitrogens with zero attached hydrogens (tertiary/aromatic N) is 1. The molecule has 0 saturated carbocycles. The van der Waals surface area contributed by atoms with Gasteiger partial charge in [-0.05, 0) is 25.7 Å². The molecule has 0 aliphatic carbocycles. The summed E-state index contributed by atoms with van der Waals surface area (Å²) in [6.45, 7) is 0. The van der Waals surface area contributed by atoms with Gasteiger partial charge >= 0.3 is 0 Å². The van der Waals surface area contributed by atoms with E-state index in [0.29, 0.717) is 0 Å². The van der Waals surface area contributed by atoms with Gasteiger partial charge in [-0.3, -0.25) is 13.8 Å². The number of carbonyl (C=O) groups excluding carboxylic acids is 1. The molecule has 2 aliphatic rings. The lowest BCUT2D eigenvalue weighted by Gasteiger charge is -2.28. The van der Waals surface area contributed by atoms with E-state index in [1.54, 1.807) is 7.05 Å². The Bertz CT molecular complexity index is 278. The molecule has 5 heteroatoms. The predicted octanol–water partition coefficient (Wildman–Crippen LogP) is 0.696. The molecule has 0 radical (unpaired) electrons. The van der Waals surface area contributed by atoms with E-state index in [1.807, 2.05) is 0 Å². The highest BCUT2D eigenvalue weighted by Crippen LogP contribution is 2.39. The van der Waals surface area contributed by atoms with E-state index in [2.05, 4.69) is 0 Å². The quantitative estimate of drug-likeness (QED) is 0.657. The highest BCUT2D eigenvalue weighted by Gasteiger charge is 2.43. The fourth-order valence-corrected chi connectivity index (χ4v) is 4.71. The molecule has 2 rings (SSSR count). The van der Waals surface area contributed by atoms with Crippen LogP contribution in [0, 0.1) is 5.92 Å². The zero-order valence-corrected chi connectivity index (χ0v) is 9.96. The first kappa shape index (κ1) is 11.1. The van der Waals surface area contributed by atoms with Crippen LogP contribution in [0.2, 0.25) is 0 Å². The minimum atomic E-state index is -0.683. The molecule has 2 heterocycles. The van der Waals surface area contributed by atoms with Gasteiger partial charge in [0.05, 0.1) is 7.11 Å². The first-order valence-corrected chi connectivity index (χ1v) is 6.62. The van der Waals surface area contributed by atoms with Gasteiger partial charge in [-0.15, -0.1) is 0 Å². The molecule has 15 heavy (non-hydrogen) atoms. The van der Waals surface area contributed by atoms with Gasteiger partial charge in [0.1, 0.15) is 0 Å². The Labute approximate surface area is 92.4 Å². The normalized spacial score (nSPS) is 39.1. The average molecular weight is 231 g/mol. The number of fused-ring (bicyclic) bond motifs is 2. The Morgan fingerprint density at radius 3 is 2.33 bits per heavy atom. The maximum Gasteiger partial charge on any atom is 0.249 e. The van der Waals surface area contributed by atoms with Gasteiger partial charge < -0.3 is 0 Å². The molecular formula is C10H17NO3S. The Hall–Kier alpha value is -0.420. The number of carbonyl (C=O) groups is 1. The van der Waals surface area contributed by atoms with Gasteiger partial charge in [-0.1, -0.05) is 0 Å². The first-order valence-electron chi connectivity index (χ1n) is 5.34. The van der Waals surface area contributed by atoms with Crippen molar-refractivity contribution in [3.8, 4) is 0 Å². The summed E-state index contributed by atoms with van der Waals surface area (Å²) in [5.41, 5.74) is 0. The fourth-order valence-electron chi connectivity index (χ4n) is 2.58. The second-order valence-electron chi connectivity index (χ2n) is 4.34. The largest absolute Gasteiger partial charge is 0.275 e. The Balaban J connectivity index is 2.02. The second-order valence-corrected chi connectivity index (χ2v) is 6.33. The molecule has 0 aromatic carbocycles. The van der Waals surface area contributed by atoms with Crippen molar-refractivity contribution in [2.24, 2.45) is 5.92 Å². The summed E-state index contributed by atoms with van der Waals surface area (Å²) in [5, 5.41) is 1.80. The molecule has 2 bridgehead atoms. The average Bonchev–Trinajstić information content (AvgIpc) is 2.50. The zero-order valence-electron chi connectivity index (χ0n) is 9.14. The number of rotatable bonds is 2. The minimum absolute atomic E-state index is 0.0187. The van der Waals surface area contributed by atoms with Crippen LogP contribution in [0.5, 0.6) is 0 Å². The third-order valence-corrected chi connectivity index (χ3v) is 5.67. The van der Waals surface area contributed by atoms with Gasteiger partial charge in [-0.2, -0.15) is 0 Å². The SMILES string of the molecule is CON(C)C(=O)C1CC2CCC(C1)S2=O. The van der Waals surface area contributed by atoms with E-state index in [4.69, 9.17) is 4.84 Å². The maximum atomic E-state index is 11.9. The van der Waals surface area contributed by atoms with Crippen molar-refractivity contribution in [3.63, 3.8) is 0 Å². The number of hydroxylamine groups is 2. The van der Waals surface area contributed by atoms with E-state index >= 15 is 0 Å². The second kappa shape index (κ2) is 4.22. The number of hydrogen-bond donors (Lipinski definition) is 0. The van der Waals surface area contributed by atoms with Crippen molar-refractivity contribution in [3.05, 3.63) is 0 Å². The standard InChI is InChI=1S/C10H17NO3S/c1-11(14-2)10(12)7-5-8-3-4-9(6-7)15(8)13/h7-9H,3-6H2,1-2H3. The molecule has 2 saturated heterocycles. The first-order chi connectivity index (χ1) is 7.13. The van der Waals surface area contributed by atoms with Gasteiger partial charge in [0.25, 0.3) is 0 Å². The van der Waals surface area contributed by atoms with Gasteiger partial charge in [0.15, 0.2) is 0 Å². The van der Waals surface area contributed by atoms with E-state index in [9.17, 15) is 9.00 Å². The number of amides is 1. The van der Waals surface area contributed by atoms with Crippen molar-refractivity contribution < 1.29 is 13.8 Å². The van der Waals surface area contributed by atoms with E-state index in [1.165, 1.54) is 12.2 Å². The van der Waals surface area contributed by atoms with Crippen LogP contribution in [-0.4, -0.2) is 39.8 Å². The van der Waals surface area contributed by atoms with Gasteiger partial charge in [0, 0.05) is 34.3 Å². The zero-order chi connectivity index (χ0) is 11.0. The topological polar surface area (TPSA) is 46.6 Å². The predicted molar refractivity (Wildman–Crippen MR) is 57.5 cm³/mol. The van der Waals surface area contributed by atoms with Crippen molar-refractivity contribution in [2.45, 2.75) is 36.2 Å². The summed E-state index contributed by atoms with van der Waals surface area (Å²) in [6, 6.07) is 0. The Morgan fingerprint density at radius 1 is 1.33 bits per heavy atom. The van der Waals surface area contributed by atoms with Crippen LogP contribution >= 0.6 is 0 Å². The molecule has 0 aromatic rings. The van der Waals surface area contributed by atoms with Gasteiger partial charge in [0.2, 0.25) is 5.91 Å². The van der Waals surface area contributed by atoms with E-state index in [-0.39, 0.29) is 22.3 Å².